The molecule has 1 fully saturated rings. The van der Waals surface area contributed by atoms with Crippen molar-refractivity contribution in [2.45, 2.75) is 59.0 Å². The van der Waals surface area contributed by atoms with Crippen LogP contribution in [0.1, 0.15) is 62.2 Å². The third-order valence-electron chi connectivity index (χ3n) is 5.89. The molecule has 0 amide bonds. The predicted molar refractivity (Wildman–Crippen MR) is 140 cm³/mol. The highest BCUT2D eigenvalue weighted by Crippen LogP contribution is 2.31. The number of methoxy groups -OCH3 is 1. The van der Waals surface area contributed by atoms with Crippen molar-refractivity contribution in [1.29, 1.82) is 0 Å². The summed E-state index contributed by atoms with van der Waals surface area (Å²) in [4.78, 5) is 7.39. The summed E-state index contributed by atoms with van der Waals surface area (Å²) < 4.78 is 11.2. The van der Waals surface area contributed by atoms with Crippen LogP contribution in [0.5, 0.6) is 5.75 Å². The van der Waals surface area contributed by atoms with Crippen molar-refractivity contribution in [3.63, 3.8) is 0 Å². The van der Waals surface area contributed by atoms with E-state index in [1.807, 2.05) is 12.1 Å². The maximum atomic E-state index is 5.67. The van der Waals surface area contributed by atoms with Crippen LogP contribution in [0.15, 0.2) is 33.8 Å². The molecule has 1 aliphatic rings. The molecule has 1 aromatic heterocycles. The van der Waals surface area contributed by atoms with Gasteiger partial charge in [0.15, 0.2) is 5.96 Å². The summed E-state index contributed by atoms with van der Waals surface area (Å²) in [6.07, 6.45) is 4.16. The van der Waals surface area contributed by atoms with Gasteiger partial charge in [0.2, 0.25) is 0 Å². The van der Waals surface area contributed by atoms with Crippen LogP contribution < -0.4 is 15.4 Å². The van der Waals surface area contributed by atoms with Crippen molar-refractivity contribution < 1.29 is 9.26 Å². The lowest BCUT2D eigenvalue weighted by Crippen LogP contribution is -2.42. The van der Waals surface area contributed by atoms with E-state index in [0.29, 0.717) is 6.54 Å². The Kier molecular flexibility index (Phi) is 11.3. The molecule has 8 heteroatoms. The summed E-state index contributed by atoms with van der Waals surface area (Å²) in [6, 6.07) is 8.56. The normalized spacial score (nSPS) is 15.3. The Morgan fingerprint density at radius 2 is 1.91 bits per heavy atom. The Morgan fingerprint density at radius 3 is 2.56 bits per heavy atom. The van der Waals surface area contributed by atoms with Gasteiger partial charge in [-0.05, 0) is 45.3 Å². The first-order chi connectivity index (χ1) is 15.2. The Balaban J connectivity index is 0.00000363. The molecule has 1 aliphatic heterocycles. The number of hydrogen-bond acceptors (Lipinski definition) is 5. The summed E-state index contributed by atoms with van der Waals surface area (Å²) in [5, 5.41) is 11.2. The first kappa shape index (κ1) is 26.4. The minimum Gasteiger partial charge on any atom is -0.496 e. The predicted octanol–water partition coefficient (Wildman–Crippen LogP) is 4.32. The van der Waals surface area contributed by atoms with E-state index in [0.717, 1.165) is 67.7 Å². The van der Waals surface area contributed by atoms with Crippen molar-refractivity contribution in [2.24, 2.45) is 4.99 Å². The number of para-hydroxylation sites is 1. The second kappa shape index (κ2) is 13.7. The van der Waals surface area contributed by atoms with Crippen LogP contribution in [0, 0.1) is 0 Å². The van der Waals surface area contributed by atoms with Crippen LogP contribution in [0.3, 0.4) is 0 Å². The first-order valence-corrected chi connectivity index (χ1v) is 11.6. The molecule has 7 nitrogen and oxygen atoms in total. The number of hydrogen-bond donors (Lipinski definition) is 2. The molecule has 0 bridgehead atoms. The van der Waals surface area contributed by atoms with E-state index < -0.39 is 0 Å². The number of rotatable bonds is 10. The van der Waals surface area contributed by atoms with Gasteiger partial charge in [-0.3, -0.25) is 4.90 Å². The molecular formula is C24H38IN5O2. The molecule has 0 saturated carbocycles. The van der Waals surface area contributed by atoms with Crippen molar-refractivity contribution >= 4 is 29.9 Å². The highest BCUT2D eigenvalue weighted by Gasteiger charge is 2.26. The van der Waals surface area contributed by atoms with E-state index in [1.54, 1.807) is 7.11 Å². The van der Waals surface area contributed by atoms with Gasteiger partial charge >= 0.3 is 0 Å². The molecule has 0 aliphatic carbocycles. The second-order valence-corrected chi connectivity index (χ2v) is 7.81. The first-order valence-electron chi connectivity index (χ1n) is 11.6. The van der Waals surface area contributed by atoms with E-state index in [4.69, 9.17) is 14.3 Å². The Labute approximate surface area is 209 Å². The maximum Gasteiger partial charge on any atom is 0.191 e. The second-order valence-electron chi connectivity index (χ2n) is 7.81. The Bertz CT molecular complexity index is 827. The molecule has 2 aromatic rings. The zero-order valence-electron chi connectivity index (χ0n) is 19.8. The van der Waals surface area contributed by atoms with Crippen LogP contribution in [0.25, 0.3) is 0 Å². The fourth-order valence-corrected chi connectivity index (χ4v) is 4.24. The Hall–Kier alpha value is -1.81. The van der Waals surface area contributed by atoms with E-state index in [9.17, 15) is 0 Å². The van der Waals surface area contributed by atoms with Crippen molar-refractivity contribution in [2.75, 3.05) is 33.3 Å². The van der Waals surface area contributed by atoms with E-state index in [-0.39, 0.29) is 30.0 Å². The van der Waals surface area contributed by atoms with Gasteiger partial charge < -0.3 is 19.9 Å². The van der Waals surface area contributed by atoms with Gasteiger partial charge in [-0.1, -0.05) is 37.2 Å². The molecule has 1 unspecified atom stereocenters. The Morgan fingerprint density at radius 1 is 1.16 bits per heavy atom. The minimum absolute atomic E-state index is 0. The molecule has 2 N–H and O–H groups in total. The summed E-state index contributed by atoms with van der Waals surface area (Å²) in [6.45, 7) is 10.6. The van der Waals surface area contributed by atoms with Crippen LogP contribution >= 0.6 is 24.0 Å². The number of aliphatic imine (C=N–C) groups is 1. The third-order valence-corrected chi connectivity index (χ3v) is 5.89. The van der Waals surface area contributed by atoms with Gasteiger partial charge in [0.05, 0.1) is 25.4 Å². The highest BCUT2D eigenvalue weighted by atomic mass is 127. The number of guanidine groups is 1. The lowest BCUT2D eigenvalue weighted by Gasteiger charge is -2.30. The summed E-state index contributed by atoms with van der Waals surface area (Å²) >= 11 is 0. The molecule has 0 spiro atoms. The topological polar surface area (TPSA) is 74.9 Å². The summed E-state index contributed by atoms with van der Waals surface area (Å²) in [5.74, 6) is 2.68. The zero-order valence-corrected chi connectivity index (χ0v) is 22.1. The monoisotopic (exact) mass is 555 g/mol. The molecule has 1 aromatic carbocycles. The molecular weight excluding hydrogens is 517 g/mol. The average Bonchev–Trinajstić information content (AvgIpc) is 3.47. The summed E-state index contributed by atoms with van der Waals surface area (Å²) in [7, 11) is 1.74. The molecule has 1 saturated heterocycles. The zero-order chi connectivity index (χ0) is 22.1. The van der Waals surface area contributed by atoms with Crippen molar-refractivity contribution in [3.8, 4) is 5.75 Å². The van der Waals surface area contributed by atoms with Crippen LogP contribution in [0.4, 0.5) is 0 Å². The lowest BCUT2D eigenvalue weighted by molar-refractivity contribution is 0.239. The van der Waals surface area contributed by atoms with Crippen LogP contribution in [-0.2, 0) is 19.4 Å². The summed E-state index contributed by atoms with van der Waals surface area (Å²) in [5.41, 5.74) is 3.33. The van der Waals surface area contributed by atoms with Gasteiger partial charge in [0.25, 0.3) is 0 Å². The molecule has 1 atom stereocenters. The fraction of sp³-hybridized carbons (Fsp3) is 0.583. The molecule has 0 radical (unpaired) electrons. The number of likely N-dealkylation sites (tertiary alicyclic amines) is 1. The smallest absolute Gasteiger partial charge is 0.191 e. The van der Waals surface area contributed by atoms with E-state index in [1.165, 1.54) is 18.4 Å². The van der Waals surface area contributed by atoms with E-state index >= 15 is 0 Å². The van der Waals surface area contributed by atoms with Gasteiger partial charge in [0.1, 0.15) is 11.5 Å². The number of nitrogens with one attached hydrogen (secondary N) is 2. The number of nitrogens with zero attached hydrogens (tertiary/aromatic N) is 3. The van der Waals surface area contributed by atoms with Gasteiger partial charge in [-0.25, -0.2) is 4.99 Å². The lowest BCUT2D eigenvalue weighted by atomic mass is 10.0. The fourth-order valence-electron chi connectivity index (χ4n) is 4.24. The average molecular weight is 556 g/mol. The number of ether oxygens (including phenoxy) is 1. The standard InChI is InChI=1S/C24H37N5O2.HI/c1-5-20-19(22(6-2)31-28-20)16-26-24(25-7-3)27-17-21(29-14-10-11-15-29)18-12-8-9-13-23(18)30-4;/h8-9,12-13,21H,5-7,10-11,14-17H2,1-4H3,(H2,25,26,27);1H. The quantitative estimate of drug-likeness (QED) is 0.259. The number of aryl methyl sites for hydroxylation is 2. The number of halogens is 1. The molecule has 2 heterocycles. The van der Waals surface area contributed by atoms with Gasteiger partial charge in [-0.15, -0.1) is 24.0 Å². The number of aromatic nitrogens is 1. The van der Waals surface area contributed by atoms with Crippen LogP contribution in [-0.4, -0.2) is 49.3 Å². The van der Waals surface area contributed by atoms with Crippen molar-refractivity contribution in [3.05, 3.63) is 46.8 Å². The molecule has 178 valence electrons. The SMILES string of the molecule is CCNC(=NCc1c(CC)noc1CC)NCC(c1ccccc1OC)N1CCCC1.I. The molecule has 32 heavy (non-hydrogen) atoms. The molecule has 3 rings (SSSR count). The largest absolute Gasteiger partial charge is 0.496 e. The number of benzene rings is 1. The van der Waals surface area contributed by atoms with Gasteiger partial charge in [0, 0.05) is 30.6 Å². The van der Waals surface area contributed by atoms with Crippen molar-refractivity contribution in [1.82, 2.24) is 20.7 Å². The maximum absolute atomic E-state index is 5.67. The van der Waals surface area contributed by atoms with Gasteiger partial charge in [-0.2, -0.15) is 0 Å². The van der Waals surface area contributed by atoms with E-state index in [2.05, 4.69) is 53.6 Å². The third kappa shape index (κ3) is 6.60. The highest BCUT2D eigenvalue weighted by molar-refractivity contribution is 14.0. The minimum atomic E-state index is 0. The van der Waals surface area contributed by atoms with Crippen LogP contribution in [0.2, 0.25) is 0 Å².